The Morgan fingerprint density at radius 2 is 2.31 bits per heavy atom. The van der Waals surface area contributed by atoms with Crippen molar-refractivity contribution in [1.82, 2.24) is 15.0 Å². The fourth-order valence-corrected chi connectivity index (χ4v) is 2.78. The van der Waals surface area contributed by atoms with E-state index in [1.807, 2.05) is 0 Å². The lowest BCUT2D eigenvalue weighted by Gasteiger charge is -2.25. The van der Waals surface area contributed by atoms with E-state index < -0.39 is 0 Å². The molecule has 0 aromatic carbocycles. The number of nitrogens with zero attached hydrogens (tertiary/aromatic N) is 3. The number of hydrogen-bond donors (Lipinski definition) is 1. The zero-order valence-electron chi connectivity index (χ0n) is 9.19. The Hall–Kier alpha value is -0.750. The van der Waals surface area contributed by atoms with Gasteiger partial charge < -0.3 is 5.73 Å². The zero-order valence-corrected chi connectivity index (χ0v) is 10.8. The maximum Gasteiger partial charge on any atom is 0.186 e. The van der Waals surface area contributed by atoms with Crippen LogP contribution in [0.2, 0.25) is 0 Å². The standard InChI is InChI=1S/C10H15BrN4O/c1-15-8(10(11)13-14-15)9(16)6-3-2-4-7(12)5-6/h6-7H,2-5,12H2,1H3. The minimum Gasteiger partial charge on any atom is -0.328 e. The lowest BCUT2D eigenvalue weighted by molar-refractivity contribution is 0.0871. The third-order valence-electron chi connectivity index (χ3n) is 3.10. The topological polar surface area (TPSA) is 73.8 Å². The van der Waals surface area contributed by atoms with Crippen LogP contribution in [0.5, 0.6) is 0 Å². The molecule has 0 spiro atoms. The molecule has 2 unspecified atom stereocenters. The van der Waals surface area contributed by atoms with Gasteiger partial charge in [0.2, 0.25) is 0 Å². The summed E-state index contributed by atoms with van der Waals surface area (Å²) in [6.45, 7) is 0. The third-order valence-corrected chi connectivity index (χ3v) is 3.64. The Balaban J connectivity index is 2.18. The summed E-state index contributed by atoms with van der Waals surface area (Å²) in [6.07, 6.45) is 3.75. The number of aromatic nitrogens is 3. The highest BCUT2D eigenvalue weighted by atomic mass is 79.9. The molecule has 2 rings (SSSR count). The maximum absolute atomic E-state index is 12.3. The van der Waals surface area contributed by atoms with Crippen molar-refractivity contribution in [3.8, 4) is 0 Å². The van der Waals surface area contributed by atoms with Gasteiger partial charge in [-0.2, -0.15) is 0 Å². The van der Waals surface area contributed by atoms with Gasteiger partial charge in [-0.05, 0) is 35.2 Å². The molecule has 1 aliphatic carbocycles. The highest BCUT2D eigenvalue weighted by Crippen LogP contribution is 2.28. The van der Waals surface area contributed by atoms with Crippen molar-refractivity contribution >= 4 is 21.7 Å². The van der Waals surface area contributed by atoms with Crippen molar-refractivity contribution in [2.24, 2.45) is 18.7 Å². The quantitative estimate of drug-likeness (QED) is 0.831. The number of carbonyl (C=O) groups excluding carboxylic acids is 1. The summed E-state index contributed by atoms with van der Waals surface area (Å²) in [5, 5.41) is 7.65. The van der Waals surface area contributed by atoms with Crippen molar-refractivity contribution < 1.29 is 4.79 Å². The number of Topliss-reactive ketones (excluding diaryl/α,β-unsaturated/α-hetero) is 1. The minimum atomic E-state index is 0.0252. The normalized spacial score (nSPS) is 25.7. The van der Waals surface area contributed by atoms with E-state index >= 15 is 0 Å². The van der Waals surface area contributed by atoms with Crippen molar-refractivity contribution in [2.75, 3.05) is 0 Å². The fourth-order valence-electron chi connectivity index (χ4n) is 2.25. The number of ketones is 1. The van der Waals surface area contributed by atoms with Crippen molar-refractivity contribution in [3.05, 3.63) is 10.3 Å². The fraction of sp³-hybridized carbons (Fsp3) is 0.700. The van der Waals surface area contributed by atoms with E-state index in [0.29, 0.717) is 10.3 Å². The van der Waals surface area contributed by atoms with Crippen molar-refractivity contribution in [1.29, 1.82) is 0 Å². The molecule has 0 radical (unpaired) electrons. The molecule has 1 saturated carbocycles. The van der Waals surface area contributed by atoms with Gasteiger partial charge in [-0.1, -0.05) is 11.6 Å². The van der Waals surface area contributed by atoms with Crippen LogP contribution in [0, 0.1) is 5.92 Å². The molecule has 88 valence electrons. The summed E-state index contributed by atoms with van der Waals surface area (Å²) in [6, 6.07) is 0.155. The highest BCUT2D eigenvalue weighted by molar-refractivity contribution is 9.10. The van der Waals surface area contributed by atoms with Gasteiger partial charge in [-0.25, -0.2) is 4.68 Å². The molecule has 0 amide bonds. The Morgan fingerprint density at radius 3 is 2.88 bits per heavy atom. The molecular formula is C10H15BrN4O. The Kier molecular flexibility index (Phi) is 3.39. The second-order valence-corrected chi connectivity index (χ2v) is 5.09. The van der Waals surface area contributed by atoms with E-state index in [-0.39, 0.29) is 17.7 Å². The summed E-state index contributed by atoms with van der Waals surface area (Å²) in [5.74, 6) is 0.131. The maximum atomic E-state index is 12.3. The van der Waals surface area contributed by atoms with Crippen LogP contribution in [0.25, 0.3) is 0 Å². The van der Waals surface area contributed by atoms with Crippen molar-refractivity contribution in [2.45, 2.75) is 31.7 Å². The van der Waals surface area contributed by atoms with Crippen LogP contribution in [0.4, 0.5) is 0 Å². The first-order valence-electron chi connectivity index (χ1n) is 5.44. The van der Waals surface area contributed by atoms with E-state index in [1.54, 1.807) is 7.05 Å². The lowest BCUT2D eigenvalue weighted by Crippen LogP contribution is -2.32. The molecule has 6 heteroatoms. The molecule has 1 aromatic rings. The van der Waals surface area contributed by atoms with Gasteiger partial charge in [-0.3, -0.25) is 4.79 Å². The first kappa shape index (κ1) is 11.7. The second kappa shape index (κ2) is 4.63. The molecule has 1 fully saturated rings. The van der Waals surface area contributed by atoms with E-state index in [4.69, 9.17) is 5.73 Å². The molecule has 16 heavy (non-hydrogen) atoms. The summed E-state index contributed by atoms with van der Waals surface area (Å²) in [4.78, 5) is 12.3. The lowest BCUT2D eigenvalue weighted by atomic mass is 9.83. The van der Waals surface area contributed by atoms with Crippen LogP contribution in [0.15, 0.2) is 4.60 Å². The third kappa shape index (κ3) is 2.17. The Bertz CT molecular complexity index is 384. The van der Waals surface area contributed by atoms with Crippen molar-refractivity contribution in [3.63, 3.8) is 0 Å². The van der Waals surface area contributed by atoms with Gasteiger partial charge >= 0.3 is 0 Å². The predicted octanol–water partition coefficient (Wildman–Crippen LogP) is 1.28. The Morgan fingerprint density at radius 1 is 1.56 bits per heavy atom. The molecule has 2 N–H and O–H groups in total. The average molecular weight is 287 g/mol. The van der Waals surface area contributed by atoms with E-state index in [1.165, 1.54) is 4.68 Å². The molecule has 0 aliphatic heterocycles. The van der Waals surface area contributed by atoms with E-state index in [2.05, 4.69) is 26.2 Å². The number of aryl methyl sites for hydroxylation is 1. The molecular weight excluding hydrogens is 272 g/mol. The summed E-state index contributed by atoms with van der Waals surface area (Å²) >= 11 is 3.25. The van der Waals surface area contributed by atoms with E-state index in [9.17, 15) is 4.79 Å². The molecule has 1 aromatic heterocycles. The molecule has 1 heterocycles. The molecule has 5 nitrogen and oxygen atoms in total. The van der Waals surface area contributed by atoms with Gasteiger partial charge in [0.15, 0.2) is 10.4 Å². The molecule has 1 aliphatic rings. The SMILES string of the molecule is Cn1nnc(Br)c1C(=O)C1CCCC(N)C1. The minimum absolute atomic E-state index is 0.0252. The van der Waals surface area contributed by atoms with Crippen LogP contribution >= 0.6 is 15.9 Å². The summed E-state index contributed by atoms with van der Waals surface area (Å²) in [5.41, 5.74) is 6.45. The zero-order chi connectivity index (χ0) is 11.7. The first-order chi connectivity index (χ1) is 7.59. The Labute approximate surface area is 103 Å². The van der Waals surface area contributed by atoms with Gasteiger partial charge in [0, 0.05) is 19.0 Å². The largest absolute Gasteiger partial charge is 0.328 e. The smallest absolute Gasteiger partial charge is 0.186 e. The van der Waals surface area contributed by atoms with Gasteiger partial charge in [0.25, 0.3) is 0 Å². The predicted molar refractivity (Wildman–Crippen MR) is 63.0 cm³/mol. The molecule has 0 saturated heterocycles. The molecule has 0 bridgehead atoms. The van der Waals surface area contributed by atoms with Gasteiger partial charge in [-0.15, -0.1) is 5.10 Å². The monoisotopic (exact) mass is 286 g/mol. The molecule has 2 atom stereocenters. The number of rotatable bonds is 2. The second-order valence-electron chi connectivity index (χ2n) is 4.34. The van der Waals surface area contributed by atoms with Gasteiger partial charge in [0.1, 0.15) is 5.69 Å². The number of carbonyl (C=O) groups is 1. The van der Waals surface area contributed by atoms with Crippen LogP contribution in [-0.2, 0) is 7.05 Å². The van der Waals surface area contributed by atoms with Gasteiger partial charge in [0.05, 0.1) is 0 Å². The number of nitrogens with two attached hydrogens (primary N) is 1. The number of halogens is 1. The van der Waals surface area contributed by atoms with E-state index in [0.717, 1.165) is 25.7 Å². The average Bonchev–Trinajstić information content (AvgIpc) is 2.58. The van der Waals surface area contributed by atoms with Crippen LogP contribution < -0.4 is 5.73 Å². The van der Waals surface area contributed by atoms with Crippen LogP contribution in [0.1, 0.15) is 36.2 Å². The highest BCUT2D eigenvalue weighted by Gasteiger charge is 2.29. The number of hydrogen-bond acceptors (Lipinski definition) is 4. The van der Waals surface area contributed by atoms with Crippen LogP contribution in [0.3, 0.4) is 0 Å². The summed E-state index contributed by atoms with van der Waals surface area (Å²) in [7, 11) is 1.73. The van der Waals surface area contributed by atoms with Crippen LogP contribution in [-0.4, -0.2) is 26.8 Å². The first-order valence-corrected chi connectivity index (χ1v) is 6.24. The summed E-state index contributed by atoms with van der Waals surface area (Å²) < 4.78 is 2.05.